The summed E-state index contributed by atoms with van der Waals surface area (Å²) in [6.07, 6.45) is 2.18. The molecule has 1 rings (SSSR count). The van der Waals surface area contributed by atoms with Crippen LogP contribution in [0.2, 0.25) is 0 Å². The van der Waals surface area contributed by atoms with E-state index >= 15 is 0 Å². The molecule has 0 saturated heterocycles. The summed E-state index contributed by atoms with van der Waals surface area (Å²) in [5.74, 6) is 0.515. The number of rotatable bonds is 6. The molecule has 0 spiro atoms. The Labute approximate surface area is 98.3 Å². The molecule has 16 heavy (non-hydrogen) atoms. The first-order valence-corrected chi connectivity index (χ1v) is 6.01. The van der Waals surface area contributed by atoms with Gasteiger partial charge < -0.3 is 0 Å². The molecule has 2 heteroatoms. The summed E-state index contributed by atoms with van der Waals surface area (Å²) in [4.78, 5) is 0. The molecular formula is C14H21N2+. The number of hydrogen-bond donors (Lipinski definition) is 2. The highest BCUT2D eigenvalue weighted by Crippen LogP contribution is 2.12. The molecule has 0 aliphatic carbocycles. The third-order valence-corrected chi connectivity index (χ3v) is 3.04. The summed E-state index contributed by atoms with van der Waals surface area (Å²) in [6, 6.07) is 13.0. The summed E-state index contributed by atoms with van der Waals surface area (Å²) < 4.78 is 0. The van der Waals surface area contributed by atoms with Crippen molar-refractivity contribution in [3.05, 3.63) is 35.9 Å². The lowest BCUT2D eigenvalue weighted by Crippen LogP contribution is -2.39. The molecule has 1 aromatic carbocycles. The summed E-state index contributed by atoms with van der Waals surface area (Å²) in [6.45, 7) is 5.15. The van der Waals surface area contributed by atoms with Gasteiger partial charge in [-0.2, -0.15) is 0 Å². The maximum absolute atomic E-state index is 7.35. The number of hydrogen-bond acceptors (Lipinski definition) is 1. The maximum Gasteiger partial charge on any atom is 0.289 e. The third kappa shape index (κ3) is 3.67. The molecule has 0 amide bonds. The predicted octanol–water partition coefficient (Wildman–Crippen LogP) is 1.35. The predicted molar refractivity (Wildman–Crippen MR) is 66.0 cm³/mol. The average Bonchev–Trinajstić information content (AvgIpc) is 2.35. The Morgan fingerprint density at radius 3 is 2.31 bits per heavy atom. The van der Waals surface area contributed by atoms with E-state index in [2.05, 4.69) is 37.4 Å². The van der Waals surface area contributed by atoms with E-state index in [1.807, 2.05) is 18.2 Å². The zero-order valence-corrected chi connectivity index (χ0v) is 10.2. The lowest BCUT2D eigenvalue weighted by Gasteiger charge is -2.17. The van der Waals surface area contributed by atoms with E-state index in [0.717, 1.165) is 19.4 Å². The summed E-state index contributed by atoms with van der Waals surface area (Å²) in [7, 11) is 0. The summed E-state index contributed by atoms with van der Waals surface area (Å²) in [5.41, 5.74) is 1.26. The highest BCUT2D eigenvalue weighted by atomic mass is 14.9. The molecule has 0 aliphatic heterocycles. The second kappa shape index (κ2) is 7.03. The molecule has 0 bridgehead atoms. The van der Waals surface area contributed by atoms with E-state index in [9.17, 15) is 0 Å². The van der Waals surface area contributed by atoms with E-state index in [-0.39, 0.29) is 6.04 Å². The fourth-order valence-corrected chi connectivity index (χ4v) is 1.92. The molecule has 86 valence electrons. The fourth-order valence-electron chi connectivity index (χ4n) is 1.92. The van der Waals surface area contributed by atoms with E-state index < -0.39 is 0 Å². The first kappa shape index (κ1) is 12.7. The van der Waals surface area contributed by atoms with E-state index in [1.165, 1.54) is 5.56 Å². The van der Waals surface area contributed by atoms with Crippen molar-refractivity contribution in [2.75, 3.05) is 0 Å². The van der Waals surface area contributed by atoms with Gasteiger partial charge in [-0.15, -0.1) is 0 Å². The van der Waals surface area contributed by atoms with Crippen LogP contribution in [0.3, 0.4) is 0 Å². The molecule has 2 nitrogen and oxygen atoms in total. The Bertz CT molecular complexity index is 322. The minimum atomic E-state index is 0.0789. The molecule has 0 heterocycles. The van der Waals surface area contributed by atoms with Gasteiger partial charge in [0.1, 0.15) is 6.04 Å². The second-order valence-electron chi connectivity index (χ2n) is 4.07. The number of nitrogens with one attached hydrogen (secondary N) is 2. The highest BCUT2D eigenvalue weighted by molar-refractivity contribution is 5.14. The Morgan fingerprint density at radius 2 is 1.81 bits per heavy atom. The van der Waals surface area contributed by atoms with Gasteiger partial charge >= 0.3 is 0 Å². The van der Waals surface area contributed by atoms with Gasteiger partial charge in [-0.25, -0.2) is 0 Å². The standard InChI is InChI=1S/C14H20N2/c1-3-13(4-2)14(10-15)16-11-12-8-6-5-7-9-12/h5-9,13-14,16H,3-4,11H2,1-2H3/p+1/t14-/m0/s1. The van der Waals surface area contributed by atoms with Crippen LogP contribution in [-0.2, 0) is 6.54 Å². The van der Waals surface area contributed by atoms with E-state index in [4.69, 9.17) is 5.26 Å². The molecule has 0 unspecified atom stereocenters. The van der Waals surface area contributed by atoms with Crippen LogP contribution in [0.5, 0.6) is 0 Å². The van der Waals surface area contributed by atoms with Crippen LogP contribution >= 0.6 is 0 Å². The van der Waals surface area contributed by atoms with Gasteiger partial charge in [-0.05, 0) is 11.5 Å². The molecule has 0 radical (unpaired) electrons. The Balaban J connectivity index is 2.49. The SMILES string of the molecule is CCC(CC)[C@H](C#[NH+])NCc1ccccc1. The van der Waals surface area contributed by atoms with Gasteiger partial charge in [0, 0.05) is 6.54 Å². The molecule has 0 aliphatic rings. The van der Waals surface area contributed by atoms with E-state index in [1.54, 1.807) is 0 Å². The Kier molecular flexibility index (Phi) is 5.60. The minimum Gasteiger partial charge on any atom is -0.294 e. The third-order valence-electron chi connectivity index (χ3n) is 3.04. The topological polar surface area (TPSA) is 35.8 Å². The van der Waals surface area contributed by atoms with Gasteiger partial charge in [0.15, 0.2) is 0 Å². The highest BCUT2D eigenvalue weighted by Gasteiger charge is 2.20. The average molecular weight is 217 g/mol. The lowest BCUT2D eigenvalue weighted by atomic mass is 9.95. The minimum absolute atomic E-state index is 0.0789. The smallest absolute Gasteiger partial charge is 0.289 e. The maximum atomic E-state index is 7.35. The van der Waals surface area contributed by atoms with Gasteiger partial charge in [0.25, 0.3) is 6.07 Å². The van der Waals surface area contributed by atoms with Crippen LogP contribution in [0.1, 0.15) is 32.3 Å². The van der Waals surface area contributed by atoms with Crippen molar-refractivity contribution in [3.8, 4) is 6.07 Å². The molecule has 0 saturated carbocycles. The monoisotopic (exact) mass is 217 g/mol. The lowest BCUT2D eigenvalue weighted by molar-refractivity contribution is -0.0983. The van der Waals surface area contributed by atoms with Crippen LogP contribution in [-0.4, -0.2) is 6.04 Å². The van der Waals surface area contributed by atoms with Gasteiger partial charge in [-0.1, -0.05) is 62.3 Å². The zero-order chi connectivity index (χ0) is 11.8. The van der Waals surface area contributed by atoms with Crippen molar-refractivity contribution < 1.29 is 5.26 Å². The van der Waals surface area contributed by atoms with Crippen LogP contribution in [0.4, 0.5) is 0 Å². The molecule has 0 aromatic heterocycles. The number of benzene rings is 1. The van der Waals surface area contributed by atoms with Crippen molar-refractivity contribution >= 4 is 0 Å². The molecule has 1 aromatic rings. The largest absolute Gasteiger partial charge is 0.294 e. The van der Waals surface area contributed by atoms with Crippen molar-refractivity contribution in [2.24, 2.45) is 5.92 Å². The van der Waals surface area contributed by atoms with Crippen LogP contribution < -0.4 is 10.6 Å². The first-order valence-electron chi connectivity index (χ1n) is 6.01. The van der Waals surface area contributed by atoms with Crippen LogP contribution in [0.25, 0.3) is 0 Å². The van der Waals surface area contributed by atoms with Crippen molar-refractivity contribution in [2.45, 2.75) is 39.3 Å². The van der Waals surface area contributed by atoms with Crippen molar-refractivity contribution in [1.29, 1.82) is 0 Å². The van der Waals surface area contributed by atoms with E-state index in [0.29, 0.717) is 5.92 Å². The summed E-state index contributed by atoms with van der Waals surface area (Å²) in [5, 5.41) is 10.7. The van der Waals surface area contributed by atoms with Gasteiger partial charge in [0.2, 0.25) is 0 Å². The molecule has 2 N–H and O–H groups in total. The van der Waals surface area contributed by atoms with Crippen molar-refractivity contribution in [1.82, 2.24) is 5.32 Å². The fraction of sp³-hybridized carbons (Fsp3) is 0.500. The summed E-state index contributed by atoms with van der Waals surface area (Å²) >= 11 is 0. The molecule has 0 fully saturated rings. The first-order chi connectivity index (χ1) is 7.81. The van der Waals surface area contributed by atoms with Gasteiger partial charge in [-0.3, -0.25) is 5.32 Å². The van der Waals surface area contributed by atoms with Crippen LogP contribution in [0, 0.1) is 12.0 Å². The van der Waals surface area contributed by atoms with Gasteiger partial charge in [0.05, 0.1) is 0 Å². The van der Waals surface area contributed by atoms with Crippen molar-refractivity contribution in [3.63, 3.8) is 0 Å². The normalized spacial score (nSPS) is 12.4. The zero-order valence-electron chi connectivity index (χ0n) is 10.2. The molecule has 1 atom stereocenters. The second-order valence-corrected chi connectivity index (χ2v) is 4.07. The van der Waals surface area contributed by atoms with Crippen LogP contribution in [0.15, 0.2) is 30.3 Å². The quantitative estimate of drug-likeness (QED) is 0.741. The Hall–Kier alpha value is -1.33. The molecular weight excluding hydrogens is 196 g/mol. The Morgan fingerprint density at radius 1 is 1.19 bits per heavy atom.